The van der Waals surface area contributed by atoms with Crippen LogP contribution in [0.25, 0.3) is 0 Å². The van der Waals surface area contributed by atoms with Gasteiger partial charge < -0.3 is 5.32 Å². The van der Waals surface area contributed by atoms with Gasteiger partial charge in [0.05, 0.1) is 25.5 Å². The van der Waals surface area contributed by atoms with Crippen molar-refractivity contribution in [3.05, 3.63) is 71.3 Å². The van der Waals surface area contributed by atoms with Gasteiger partial charge in [0.25, 0.3) is 0 Å². The molecule has 120 valence electrons. The highest BCUT2D eigenvalue weighted by Crippen LogP contribution is 2.04. The SMILES string of the molecule is CC(CNC(C)=NCc1ccc(C)cc1)=NCc1ccccc1. The molecule has 0 aliphatic heterocycles. The maximum absolute atomic E-state index is 4.59. The minimum Gasteiger partial charge on any atom is -0.369 e. The fraction of sp³-hybridized carbons (Fsp3) is 0.300. The highest BCUT2D eigenvalue weighted by molar-refractivity contribution is 5.89. The molecule has 0 saturated carbocycles. The summed E-state index contributed by atoms with van der Waals surface area (Å²) in [4.78, 5) is 9.16. The molecule has 0 atom stereocenters. The highest BCUT2D eigenvalue weighted by atomic mass is 15.0. The second-order valence-electron chi connectivity index (χ2n) is 5.78. The van der Waals surface area contributed by atoms with Crippen LogP contribution in [0.1, 0.15) is 30.5 Å². The van der Waals surface area contributed by atoms with Crippen molar-refractivity contribution in [1.29, 1.82) is 0 Å². The number of amidine groups is 1. The monoisotopic (exact) mass is 307 g/mol. The molecule has 0 fully saturated rings. The smallest absolute Gasteiger partial charge is 0.0938 e. The van der Waals surface area contributed by atoms with E-state index in [4.69, 9.17) is 0 Å². The van der Waals surface area contributed by atoms with Crippen LogP contribution in [0.5, 0.6) is 0 Å². The van der Waals surface area contributed by atoms with E-state index in [0.29, 0.717) is 6.54 Å². The molecule has 0 unspecified atom stereocenters. The van der Waals surface area contributed by atoms with Gasteiger partial charge in [-0.1, -0.05) is 60.2 Å². The Labute approximate surface area is 139 Å². The van der Waals surface area contributed by atoms with E-state index in [1.807, 2.05) is 32.0 Å². The average Bonchev–Trinajstić information content (AvgIpc) is 2.58. The molecule has 0 heterocycles. The Bertz CT molecular complexity index is 655. The maximum atomic E-state index is 4.59. The molecule has 0 aliphatic rings. The van der Waals surface area contributed by atoms with Gasteiger partial charge in [-0.05, 0) is 31.9 Å². The number of rotatable bonds is 6. The molecule has 2 aromatic rings. The molecule has 3 nitrogen and oxygen atoms in total. The molecule has 2 rings (SSSR count). The Morgan fingerprint density at radius 1 is 0.826 bits per heavy atom. The van der Waals surface area contributed by atoms with Gasteiger partial charge >= 0.3 is 0 Å². The molecule has 0 saturated heterocycles. The molecule has 0 radical (unpaired) electrons. The molecule has 0 amide bonds. The summed E-state index contributed by atoms with van der Waals surface area (Å²) < 4.78 is 0. The van der Waals surface area contributed by atoms with Gasteiger partial charge in [0.1, 0.15) is 0 Å². The standard InChI is InChI=1S/C20H25N3/c1-16-9-11-20(12-10-16)15-23-18(3)22-13-17(2)21-14-19-7-5-4-6-8-19/h4-12H,13-15H2,1-3H3,(H,22,23). The van der Waals surface area contributed by atoms with Crippen LogP contribution in [0.3, 0.4) is 0 Å². The summed E-state index contributed by atoms with van der Waals surface area (Å²) in [5.74, 6) is 0.944. The minimum atomic E-state index is 0.708. The van der Waals surface area contributed by atoms with Crippen LogP contribution < -0.4 is 5.32 Å². The molecule has 2 aromatic carbocycles. The normalized spacial score (nSPS) is 12.3. The van der Waals surface area contributed by atoms with Crippen molar-refractivity contribution in [1.82, 2.24) is 5.32 Å². The zero-order valence-corrected chi connectivity index (χ0v) is 14.2. The number of nitrogens with one attached hydrogen (secondary N) is 1. The van der Waals surface area contributed by atoms with Crippen LogP contribution in [-0.2, 0) is 13.1 Å². The first-order chi connectivity index (χ1) is 11.1. The maximum Gasteiger partial charge on any atom is 0.0938 e. The number of hydrogen-bond acceptors (Lipinski definition) is 2. The first kappa shape index (κ1) is 16.9. The van der Waals surface area contributed by atoms with E-state index in [-0.39, 0.29) is 0 Å². The zero-order chi connectivity index (χ0) is 16.5. The van der Waals surface area contributed by atoms with Gasteiger partial charge in [0.2, 0.25) is 0 Å². The second kappa shape index (κ2) is 8.89. The second-order valence-corrected chi connectivity index (χ2v) is 5.78. The predicted octanol–water partition coefficient (Wildman–Crippen LogP) is 4.16. The summed E-state index contributed by atoms with van der Waals surface area (Å²) in [5, 5.41) is 3.32. The van der Waals surface area contributed by atoms with Crippen molar-refractivity contribution >= 4 is 11.5 Å². The Morgan fingerprint density at radius 2 is 1.43 bits per heavy atom. The lowest BCUT2D eigenvalue weighted by molar-refractivity contribution is 0.974. The van der Waals surface area contributed by atoms with Gasteiger partial charge in [0.15, 0.2) is 0 Å². The fourth-order valence-corrected chi connectivity index (χ4v) is 2.08. The number of hydrogen-bond donors (Lipinski definition) is 1. The van der Waals surface area contributed by atoms with Crippen molar-refractivity contribution in [3.63, 3.8) is 0 Å². The van der Waals surface area contributed by atoms with Gasteiger partial charge in [0, 0.05) is 5.71 Å². The lowest BCUT2D eigenvalue weighted by atomic mass is 10.1. The van der Waals surface area contributed by atoms with Crippen LogP contribution in [0.15, 0.2) is 64.6 Å². The summed E-state index contributed by atoms with van der Waals surface area (Å²) in [6.45, 7) is 8.31. The van der Waals surface area contributed by atoms with E-state index in [1.54, 1.807) is 0 Å². The average molecular weight is 307 g/mol. The molecule has 23 heavy (non-hydrogen) atoms. The third-order valence-corrected chi connectivity index (χ3v) is 3.59. The van der Waals surface area contributed by atoms with Crippen molar-refractivity contribution in [3.8, 4) is 0 Å². The third-order valence-electron chi connectivity index (χ3n) is 3.59. The molecule has 0 aliphatic carbocycles. The van der Waals surface area contributed by atoms with Crippen LogP contribution in [0.2, 0.25) is 0 Å². The number of aryl methyl sites for hydroxylation is 1. The number of nitrogens with zero attached hydrogens (tertiary/aromatic N) is 2. The van der Waals surface area contributed by atoms with E-state index < -0.39 is 0 Å². The van der Waals surface area contributed by atoms with Gasteiger partial charge in [-0.3, -0.25) is 9.98 Å². The summed E-state index contributed by atoms with van der Waals surface area (Å²) >= 11 is 0. The van der Waals surface area contributed by atoms with Crippen LogP contribution in [0.4, 0.5) is 0 Å². The Kier molecular flexibility index (Phi) is 6.55. The van der Waals surface area contributed by atoms with E-state index in [9.17, 15) is 0 Å². The molecular weight excluding hydrogens is 282 g/mol. The summed E-state index contributed by atoms with van der Waals surface area (Å²) in [7, 11) is 0. The first-order valence-corrected chi connectivity index (χ1v) is 7.98. The molecule has 0 bridgehead atoms. The van der Waals surface area contributed by atoms with Crippen LogP contribution in [0, 0.1) is 6.92 Å². The quantitative estimate of drug-likeness (QED) is 0.631. The molecule has 1 N–H and O–H groups in total. The zero-order valence-electron chi connectivity index (χ0n) is 14.2. The van der Waals surface area contributed by atoms with Crippen LogP contribution in [-0.4, -0.2) is 18.1 Å². The van der Waals surface area contributed by atoms with Crippen molar-refractivity contribution < 1.29 is 0 Å². The topological polar surface area (TPSA) is 36.8 Å². The highest BCUT2D eigenvalue weighted by Gasteiger charge is 1.96. The van der Waals surface area contributed by atoms with Crippen LogP contribution >= 0.6 is 0 Å². The van der Waals surface area contributed by atoms with Crippen molar-refractivity contribution in [2.75, 3.05) is 6.54 Å². The first-order valence-electron chi connectivity index (χ1n) is 7.98. The van der Waals surface area contributed by atoms with Crippen molar-refractivity contribution in [2.24, 2.45) is 9.98 Å². The Balaban J connectivity index is 1.77. The lowest BCUT2D eigenvalue weighted by Crippen LogP contribution is -2.26. The predicted molar refractivity (Wildman–Crippen MR) is 99.2 cm³/mol. The number of aliphatic imine (C=N–C) groups is 2. The molecule has 3 heteroatoms. The largest absolute Gasteiger partial charge is 0.369 e. The molecule has 0 aromatic heterocycles. The van der Waals surface area contributed by atoms with E-state index in [1.165, 1.54) is 16.7 Å². The van der Waals surface area contributed by atoms with Gasteiger partial charge in [-0.15, -0.1) is 0 Å². The van der Waals surface area contributed by atoms with E-state index >= 15 is 0 Å². The Morgan fingerprint density at radius 3 is 2.13 bits per heavy atom. The summed E-state index contributed by atoms with van der Waals surface area (Å²) in [6.07, 6.45) is 0. The van der Waals surface area contributed by atoms with E-state index in [0.717, 1.165) is 24.6 Å². The Hall–Kier alpha value is -2.42. The summed E-state index contributed by atoms with van der Waals surface area (Å²) in [5.41, 5.74) is 4.82. The number of benzene rings is 2. The van der Waals surface area contributed by atoms with Gasteiger partial charge in [-0.25, -0.2) is 0 Å². The molecule has 0 spiro atoms. The van der Waals surface area contributed by atoms with Gasteiger partial charge in [-0.2, -0.15) is 0 Å². The minimum absolute atomic E-state index is 0.708. The molecular formula is C20H25N3. The van der Waals surface area contributed by atoms with Crippen molar-refractivity contribution in [2.45, 2.75) is 33.9 Å². The fourth-order valence-electron chi connectivity index (χ4n) is 2.08. The third kappa shape index (κ3) is 6.47. The van der Waals surface area contributed by atoms with E-state index in [2.05, 4.69) is 58.6 Å². The lowest BCUT2D eigenvalue weighted by Gasteiger charge is -2.06. The summed E-state index contributed by atoms with van der Waals surface area (Å²) in [6, 6.07) is 18.8.